The number of β-amino-alcohol motifs (C(OH)–C–C–N with tert-alkyl or cyclic N) is 1. The highest BCUT2D eigenvalue weighted by Gasteiger charge is 2.39. The molecule has 1 aromatic heterocycles. The average Bonchev–Trinajstić information content (AvgIpc) is 3.12. The molecule has 1 N–H and O–H groups in total. The summed E-state index contributed by atoms with van der Waals surface area (Å²) in [7, 11) is 0. The van der Waals surface area contributed by atoms with Crippen molar-refractivity contribution in [1.82, 2.24) is 14.7 Å². The Balaban J connectivity index is 1.52. The van der Waals surface area contributed by atoms with Gasteiger partial charge in [0.05, 0.1) is 12.2 Å². The molecule has 2 heterocycles. The molecular formula is C19H25N3O2. The lowest BCUT2D eigenvalue weighted by atomic mass is 9.93. The number of aryl methyl sites for hydroxylation is 3. The Morgan fingerprint density at radius 2 is 2.04 bits per heavy atom. The fourth-order valence-corrected chi connectivity index (χ4v) is 3.43. The number of nitrogens with zero attached hydrogens (tertiary/aromatic N) is 3. The smallest absolute Gasteiger partial charge is 0.222 e. The van der Waals surface area contributed by atoms with Gasteiger partial charge >= 0.3 is 0 Å². The molecule has 1 aliphatic rings. The van der Waals surface area contributed by atoms with Crippen molar-refractivity contribution in [3.63, 3.8) is 0 Å². The highest BCUT2D eigenvalue weighted by molar-refractivity contribution is 5.76. The van der Waals surface area contributed by atoms with Crippen LogP contribution >= 0.6 is 0 Å². The predicted molar refractivity (Wildman–Crippen MR) is 92.5 cm³/mol. The van der Waals surface area contributed by atoms with Crippen LogP contribution in [0.5, 0.6) is 0 Å². The molecule has 1 amide bonds. The van der Waals surface area contributed by atoms with Crippen molar-refractivity contribution in [2.75, 3.05) is 13.1 Å². The first-order chi connectivity index (χ1) is 11.5. The van der Waals surface area contributed by atoms with E-state index in [0.717, 1.165) is 29.9 Å². The summed E-state index contributed by atoms with van der Waals surface area (Å²) in [5.74, 6) is 0.114. The van der Waals surface area contributed by atoms with Crippen LogP contribution in [0.1, 0.15) is 36.2 Å². The fourth-order valence-electron chi connectivity index (χ4n) is 3.43. The van der Waals surface area contributed by atoms with Crippen LogP contribution in [0.2, 0.25) is 0 Å². The van der Waals surface area contributed by atoms with E-state index in [-0.39, 0.29) is 5.91 Å². The Bertz CT molecular complexity index is 711. The molecule has 0 aliphatic carbocycles. The molecule has 128 valence electrons. The second kappa shape index (κ2) is 6.77. The van der Waals surface area contributed by atoms with Crippen LogP contribution in [0.4, 0.5) is 0 Å². The summed E-state index contributed by atoms with van der Waals surface area (Å²) in [5, 5.41) is 15.2. The van der Waals surface area contributed by atoms with Crippen LogP contribution in [0.25, 0.3) is 0 Å². The van der Waals surface area contributed by atoms with Crippen molar-refractivity contribution in [2.24, 2.45) is 0 Å². The minimum atomic E-state index is -0.910. The number of likely N-dealkylation sites (tertiary alicyclic amines) is 1. The Morgan fingerprint density at radius 1 is 1.29 bits per heavy atom. The molecule has 1 fully saturated rings. The molecule has 24 heavy (non-hydrogen) atoms. The number of carbonyl (C=O) groups is 1. The van der Waals surface area contributed by atoms with Crippen LogP contribution in [0.15, 0.2) is 36.4 Å². The van der Waals surface area contributed by atoms with Crippen molar-refractivity contribution >= 4 is 5.91 Å². The zero-order valence-electron chi connectivity index (χ0n) is 14.4. The van der Waals surface area contributed by atoms with Gasteiger partial charge in [0.15, 0.2) is 0 Å². The number of hydrogen-bond donors (Lipinski definition) is 1. The highest BCUT2D eigenvalue weighted by atomic mass is 16.3. The maximum atomic E-state index is 12.4. The van der Waals surface area contributed by atoms with Crippen LogP contribution < -0.4 is 0 Å². The van der Waals surface area contributed by atoms with Gasteiger partial charge in [0, 0.05) is 25.2 Å². The summed E-state index contributed by atoms with van der Waals surface area (Å²) in [6.07, 6.45) is 1.85. The van der Waals surface area contributed by atoms with Crippen molar-refractivity contribution in [1.29, 1.82) is 0 Å². The summed E-state index contributed by atoms with van der Waals surface area (Å²) in [6.45, 7) is 5.76. The number of rotatable bonds is 5. The fraction of sp³-hybridized carbons (Fsp3) is 0.474. The normalized spacial score (nSPS) is 20.5. The summed E-state index contributed by atoms with van der Waals surface area (Å²) in [5.41, 5.74) is 2.11. The lowest BCUT2D eigenvalue weighted by Crippen LogP contribution is -2.34. The van der Waals surface area contributed by atoms with Gasteiger partial charge in [-0.3, -0.25) is 9.48 Å². The minimum absolute atomic E-state index is 0.114. The maximum absolute atomic E-state index is 12.4. The largest absolute Gasteiger partial charge is 0.383 e. The van der Waals surface area contributed by atoms with Crippen LogP contribution in [0, 0.1) is 13.8 Å². The standard InChI is InChI=1S/C19H25N3O2/c1-15-13-16(2)22(20-15)11-6-9-18(23)21-12-10-19(24,14-21)17-7-4-3-5-8-17/h3-5,7-8,13,24H,6,9-12,14H2,1-2H3/t19-/m1/s1. The average molecular weight is 327 g/mol. The van der Waals surface area contributed by atoms with Gasteiger partial charge < -0.3 is 10.0 Å². The number of aliphatic hydroxyl groups is 1. The van der Waals surface area contributed by atoms with E-state index in [9.17, 15) is 9.90 Å². The number of hydrogen-bond acceptors (Lipinski definition) is 3. The van der Waals surface area contributed by atoms with Crippen molar-refractivity contribution < 1.29 is 9.90 Å². The van der Waals surface area contributed by atoms with E-state index in [1.807, 2.05) is 54.9 Å². The first-order valence-electron chi connectivity index (χ1n) is 8.55. The Kier molecular flexibility index (Phi) is 4.71. The van der Waals surface area contributed by atoms with E-state index in [1.54, 1.807) is 4.90 Å². The van der Waals surface area contributed by atoms with E-state index in [1.165, 1.54) is 0 Å². The van der Waals surface area contributed by atoms with Crippen molar-refractivity contribution in [3.05, 3.63) is 53.3 Å². The van der Waals surface area contributed by atoms with Crippen molar-refractivity contribution in [2.45, 2.75) is 45.3 Å². The van der Waals surface area contributed by atoms with Crippen molar-refractivity contribution in [3.8, 4) is 0 Å². The zero-order chi connectivity index (χ0) is 17.2. The SMILES string of the molecule is Cc1cc(C)n(CCCC(=O)N2CC[C@](O)(c3ccccc3)C2)n1. The molecule has 0 unspecified atom stereocenters. The van der Waals surface area contributed by atoms with Gasteiger partial charge in [-0.25, -0.2) is 0 Å². The molecule has 0 radical (unpaired) electrons. The van der Waals surface area contributed by atoms with E-state index >= 15 is 0 Å². The summed E-state index contributed by atoms with van der Waals surface area (Å²) in [6, 6.07) is 11.7. The monoisotopic (exact) mass is 327 g/mol. The molecule has 5 heteroatoms. The van der Waals surface area contributed by atoms with Gasteiger partial charge in [-0.1, -0.05) is 30.3 Å². The topological polar surface area (TPSA) is 58.4 Å². The van der Waals surface area contributed by atoms with E-state index in [2.05, 4.69) is 5.10 Å². The quantitative estimate of drug-likeness (QED) is 0.917. The number of benzene rings is 1. The predicted octanol–water partition coefficient (Wildman–Crippen LogP) is 2.40. The van der Waals surface area contributed by atoms with Gasteiger partial charge in [-0.15, -0.1) is 0 Å². The third-order valence-corrected chi connectivity index (χ3v) is 4.78. The van der Waals surface area contributed by atoms with E-state index < -0.39 is 5.60 Å². The summed E-state index contributed by atoms with van der Waals surface area (Å²) >= 11 is 0. The van der Waals surface area contributed by atoms with E-state index in [4.69, 9.17) is 0 Å². The molecule has 2 aromatic rings. The minimum Gasteiger partial charge on any atom is -0.383 e. The molecule has 3 rings (SSSR count). The molecule has 1 aromatic carbocycles. The van der Waals surface area contributed by atoms with Gasteiger partial charge in [-0.05, 0) is 38.3 Å². The van der Waals surface area contributed by atoms with Gasteiger partial charge in [0.1, 0.15) is 5.60 Å². The third kappa shape index (κ3) is 3.51. The molecule has 5 nitrogen and oxygen atoms in total. The zero-order valence-corrected chi connectivity index (χ0v) is 14.4. The van der Waals surface area contributed by atoms with Gasteiger partial charge in [-0.2, -0.15) is 5.10 Å². The summed E-state index contributed by atoms with van der Waals surface area (Å²) < 4.78 is 1.95. The lowest BCUT2D eigenvalue weighted by Gasteiger charge is -2.24. The molecule has 0 bridgehead atoms. The Hall–Kier alpha value is -2.14. The van der Waals surface area contributed by atoms with Gasteiger partial charge in [0.2, 0.25) is 5.91 Å². The lowest BCUT2D eigenvalue weighted by molar-refractivity contribution is -0.131. The molecule has 1 atom stereocenters. The molecule has 0 saturated carbocycles. The second-order valence-electron chi connectivity index (χ2n) is 6.72. The van der Waals surface area contributed by atoms with Crippen LogP contribution in [-0.4, -0.2) is 38.8 Å². The molecule has 1 aliphatic heterocycles. The second-order valence-corrected chi connectivity index (χ2v) is 6.72. The Morgan fingerprint density at radius 3 is 2.71 bits per heavy atom. The molecule has 1 saturated heterocycles. The first kappa shape index (κ1) is 16.7. The maximum Gasteiger partial charge on any atom is 0.222 e. The highest BCUT2D eigenvalue weighted by Crippen LogP contribution is 2.32. The van der Waals surface area contributed by atoms with Crippen LogP contribution in [0.3, 0.4) is 0 Å². The third-order valence-electron chi connectivity index (χ3n) is 4.78. The number of amides is 1. The molecule has 0 spiro atoms. The van der Waals surface area contributed by atoms with E-state index in [0.29, 0.717) is 25.9 Å². The first-order valence-corrected chi connectivity index (χ1v) is 8.55. The Labute approximate surface area is 142 Å². The summed E-state index contributed by atoms with van der Waals surface area (Å²) in [4.78, 5) is 14.2. The molecular weight excluding hydrogens is 302 g/mol. The number of aromatic nitrogens is 2. The van der Waals surface area contributed by atoms with Gasteiger partial charge in [0.25, 0.3) is 0 Å². The van der Waals surface area contributed by atoms with Crippen LogP contribution in [-0.2, 0) is 16.9 Å². The number of carbonyl (C=O) groups excluding carboxylic acids is 1.